The summed E-state index contributed by atoms with van der Waals surface area (Å²) in [5.74, 6) is -0.521. The van der Waals surface area contributed by atoms with E-state index < -0.39 is 32.4 Å². The molecule has 0 fully saturated rings. The summed E-state index contributed by atoms with van der Waals surface area (Å²) in [7, 11) is -6.34. The number of methoxy groups -OCH3 is 1. The van der Waals surface area contributed by atoms with E-state index in [9.17, 15) is 21.6 Å². The highest BCUT2D eigenvalue weighted by Crippen LogP contribution is 2.32. The van der Waals surface area contributed by atoms with E-state index in [-0.39, 0.29) is 52.3 Å². The van der Waals surface area contributed by atoms with E-state index >= 15 is 0 Å². The minimum absolute atomic E-state index is 0.0569. The van der Waals surface area contributed by atoms with Crippen molar-refractivity contribution in [2.75, 3.05) is 33.1 Å². The van der Waals surface area contributed by atoms with Crippen molar-refractivity contribution in [3.63, 3.8) is 0 Å². The quantitative estimate of drug-likeness (QED) is 0.0561. The molecule has 0 radical (unpaired) electrons. The van der Waals surface area contributed by atoms with Crippen molar-refractivity contribution in [3.8, 4) is 22.6 Å². The zero-order chi connectivity index (χ0) is 31.6. The molecule has 0 aliphatic carbocycles. The Hall–Kier alpha value is -4.14. The van der Waals surface area contributed by atoms with Gasteiger partial charge in [-0.2, -0.15) is 0 Å². The molecular formula is C29H35N3O9S2. The summed E-state index contributed by atoms with van der Waals surface area (Å²) in [5, 5.41) is 11.9. The smallest absolute Gasteiger partial charge is 0.344 e. The lowest BCUT2D eigenvalue weighted by molar-refractivity contribution is -0.146. The zero-order valence-corrected chi connectivity index (χ0v) is 25.7. The molecule has 12 nitrogen and oxygen atoms in total. The number of rotatable bonds is 15. The molecule has 3 aromatic carbocycles. The monoisotopic (exact) mass is 633 g/mol. The normalized spacial score (nSPS) is 12.1. The van der Waals surface area contributed by atoms with Crippen molar-refractivity contribution < 1.29 is 41.0 Å². The Labute approximate surface area is 251 Å². The lowest BCUT2D eigenvalue weighted by Crippen LogP contribution is -2.27. The molecule has 3 rings (SSSR count). The van der Waals surface area contributed by atoms with Crippen molar-refractivity contribution in [1.29, 1.82) is 0 Å². The zero-order valence-electron chi connectivity index (χ0n) is 24.1. The molecule has 0 saturated carbocycles. The first kappa shape index (κ1) is 33.4. The van der Waals surface area contributed by atoms with Crippen LogP contribution in [0.5, 0.6) is 11.5 Å². The molecule has 43 heavy (non-hydrogen) atoms. The van der Waals surface area contributed by atoms with Crippen molar-refractivity contribution >= 4 is 31.7 Å². The average Bonchev–Trinajstić information content (AvgIpc) is 2.99. The summed E-state index contributed by atoms with van der Waals surface area (Å²) < 4.78 is 69.8. The number of carbonyl (C=O) groups excluding carboxylic acids is 1. The van der Waals surface area contributed by atoms with E-state index in [1.54, 1.807) is 36.4 Å². The highest BCUT2D eigenvalue weighted by Gasteiger charge is 2.22. The van der Waals surface area contributed by atoms with E-state index in [2.05, 4.69) is 9.88 Å². The molecule has 0 unspecified atom stereocenters. The Morgan fingerprint density at radius 1 is 1.00 bits per heavy atom. The van der Waals surface area contributed by atoms with Crippen LogP contribution in [0, 0.1) is 0 Å². The summed E-state index contributed by atoms with van der Waals surface area (Å²) in [6.07, 6.45) is 2.83. The van der Waals surface area contributed by atoms with Crippen LogP contribution >= 0.6 is 0 Å². The van der Waals surface area contributed by atoms with Gasteiger partial charge in [-0.15, -0.1) is 0 Å². The summed E-state index contributed by atoms with van der Waals surface area (Å²) in [6.45, 7) is 1.76. The second-order valence-electron chi connectivity index (χ2n) is 9.45. The number of unbranched alkanes of at least 4 members (excludes halogenated alkanes) is 1. The maximum absolute atomic E-state index is 13.2. The van der Waals surface area contributed by atoms with Gasteiger partial charge in [-0.3, -0.25) is 0 Å². The number of hydrogen-bond donors (Lipinski definition) is 3. The van der Waals surface area contributed by atoms with Crippen LogP contribution < -0.4 is 19.9 Å². The predicted molar refractivity (Wildman–Crippen MR) is 161 cm³/mol. The number of esters is 1. The number of nitrogens with zero attached hydrogens (tertiary/aromatic N) is 1. The van der Waals surface area contributed by atoms with Crippen molar-refractivity contribution in [2.24, 2.45) is 10.9 Å². The maximum atomic E-state index is 13.2. The SMILES string of the molecule is CCCCOC(=O)COc1cc(-c2ccccc2S(C)(=O)=O)ccc1CCNS(=O)(=O)c1cc(/C(N)=N\O)ccc1OC. The number of hydrogen-bond acceptors (Lipinski definition) is 10. The van der Waals surface area contributed by atoms with Crippen LogP contribution in [-0.2, 0) is 35.8 Å². The van der Waals surface area contributed by atoms with Crippen LogP contribution in [0.2, 0.25) is 0 Å². The molecule has 4 N–H and O–H groups in total. The number of oxime groups is 1. The summed E-state index contributed by atoms with van der Waals surface area (Å²) in [6, 6.07) is 15.6. The molecule has 0 atom stereocenters. The van der Waals surface area contributed by atoms with Crippen molar-refractivity contribution in [1.82, 2.24) is 4.72 Å². The molecule has 0 aliphatic heterocycles. The standard InChI is InChI=1S/C29H35N3O9S2/c1-4-5-16-40-28(33)19-41-25-17-21(23-8-6-7-9-26(23)42(3,35)36)11-10-20(25)14-15-31-43(37,38)27-18-22(29(30)32-34)12-13-24(27)39-2/h6-13,17-18,31,34H,4-5,14-16,19H2,1-3H3,(H2,30,32). The number of nitrogens with one attached hydrogen (secondary N) is 1. The van der Waals surface area contributed by atoms with Gasteiger partial charge in [0.1, 0.15) is 16.4 Å². The van der Waals surface area contributed by atoms with Gasteiger partial charge in [0.15, 0.2) is 22.3 Å². The third kappa shape index (κ3) is 8.92. The van der Waals surface area contributed by atoms with Gasteiger partial charge in [0, 0.05) is 23.9 Å². The number of carbonyl (C=O) groups is 1. The average molecular weight is 634 g/mol. The van der Waals surface area contributed by atoms with Gasteiger partial charge in [0.05, 0.1) is 18.6 Å². The first-order chi connectivity index (χ1) is 20.4. The Morgan fingerprint density at radius 2 is 1.74 bits per heavy atom. The highest BCUT2D eigenvalue weighted by molar-refractivity contribution is 7.91. The number of amidine groups is 1. The molecule has 14 heteroatoms. The molecule has 0 amide bonds. The van der Waals surface area contributed by atoms with Crippen LogP contribution in [0.25, 0.3) is 11.1 Å². The first-order valence-electron chi connectivity index (χ1n) is 13.3. The van der Waals surface area contributed by atoms with Gasteiger partial charge in [-0.05, 0) is 54.3 Å². The Bertz CT molecular complexity index is 1690. The fourth-order valence-electron chi connectivity index (χ4n) is 4.10. The van der Waals surface area contributed by atoms with Gasteiger partial charge >= 0.3 is 5.97 Å². The van der Waals surface area contributed by atoms with Gasteiger partial charge in [0.2, 0.25) is 10.0 Å². The molecule has 0 heterocycles. The number of sulfone groups is 1. The second kappa shape index (κ2) is 14.8. The van der Waals surface area contributed by atoms with Crippen LogP contribution in [0.15, 0.2) is 75.6 Å². The summed E-state index contributed by atoms with van der Waals surface area (Å²) in [4.78, 5) is 12.2. The van der Waals surface area contributed by atoms with Crippen LogP contribution in [0.3, 0.4) is 0 Å². The maximum Gasteiger partial charge on any atom is 0.344 e. The third-order valence-electron chi connectivity index (χ3n) is 6.31. The topological polar surface area (TPSA) is 184 Å². The van der Waals surface area contributed by atoms with Gasteiger partial charge in [-0.1, -0.05) is 48.8 Å². The van der Waals surface area contributed by atoms with E-state index in [1.807, 2.05) is 6.92 Å². The molecule has 0 saturated heterocycles. The predicted octanol–water partition coefficient (Wildman–Crippen LogP) is 3.10. The number of sulfonamides is 1. The minimum Gasteiger partial charge on any atom is -0.495 e. The number of benzene rings is 3. The molecular weight excluding hydrogens is 598 g/mol. The highest BCUT2D eigenvalue weighted by atomic mass is 32.2. The lowest BCUT2D eigenvalue weighted by Gasteiger charge is -2.16. The fourth-order valence-corrected chi connectivity index (χ4v) is 6.24. The van der Waals surface area contributed by atoms with E-state index in [0.717, 1.165) is 12.7 Å². The van der Waals surface area contributed by atoms with Crippen LogP contribution in [0.1, 0.15) is 30.9 Å². The second-order valence-corrected chi connectivity index (χ2v) is 13.2. The molecule has 232 valence electrons. The molecule has 0 bridgehead atoms. The van der Waals surface area contributed by atoms with E-state index in [0.29, 0.717) is 23.1 Å². The third-order valence-corrected chi connectivity index (χ3v) is 8.95. The molecule has 0 aliphatic rings. The Kier molecular flexibility index (Phi) is 11.5. The minimum atomic E-state index is -4.11. The van der Waals surface area contributed by atoms with E-state index in [1.165, 1.54) is 31.4 Å². The first-order valence-corrected chi connectivity index (χ1v) is 16.6. The van der Waals surface area contributed by atoms with E-state index in [4.69, 9.17) is 25.2 Å². The Morgan fingerprint density at radius 3 is 2.42 bits per heavy atom. The summed E-state index contributed by atoms with van der Waals surface area (Å²) in [5.41, 5.74) is 7.34. The molecule has 0 aromatic heterocycles. The molecule has 0 spiro atoms. The molecule has 3 aromatic rings. The van der Waals surface area contributed by atoms with Crippen molar-refractivity contribution in [2.45, 2.75) is 36.0 Å². The van der Waals surface area contributed by atoms with Crippen LogP contribution in [-0.4, -0.2) is 67.0 Å². The Balaban J connectivity index is 1.89. The largest absolute Gasteiger partial charge is 0.495 e. The summed E-state index contributed by atoms with van der Waals surface area (Å²) >= 11 is 0. The number of ether oxygens (including phenoxy) is 3. The fraction of sp³-hybridized carbons (Fsp3) is 0.310. The van der Waals surface area contributed by atoms with Crippen molar-refractivity contribution in [3.05, 3.63) is 71.8 Å². The van der Waals surface area contributed by atoms with Gasteiger partial charge in [-0.25, -0.2) is 26.4 Å². The number of nitrogens with two attached hydrogens (primary N) is 1. The van der Waals surface area contributed by atoms with Crippen LogP contribution in [0.4, 0.5) is 0 Å². The van der Waals surface area contributed by atoms with Gasteiger partial charge < -0.3 is 25.2 Å². The van der Waals surface area contributed by atoms with Gasteiger partial charge in [0.25, 0.3) is 0 Å². The lowest BCUT2D eigenvalue weighted by atomic mass is 10.0.